The van der Waals surface area contributed by atoms with Gasteiger partial charge in [0.25, 0.3) is 0 Å². The quantitative estimate of drug-likeness (QED) is 0.0635. The van der Waals surface area contributed by atoms with Gasteiger partial charge in [-0.25, -0.2) is 17.6 Å². The first kappa shape index (κ1) is 36.6. The molecule has 0 amide bonds. The molecule has 5 rings (SSSR count). The molecular weight excluding hydrogens is 796 g/mol. The highest BCUT2D eigenvalue weighted by atomic mass is 79.9. The Morgan fingerprint density at radius 3 is 1.32 bits per heavy atom. The molecule has 47 heavy (non-hydrogen) atoms. The first-order valence-electron chi connectivity index (χ1n) is 16.2. The predicted octanol–water partition coefficient (Wildman–Crippen LogP) is 13.6. The van der Waals surface area contributed by atoms with Crippen molar-refractivity contribution < 1.29 is 27.2 Å². The minimum Gasteiger partial charge on any atom is -0.288 e. The largest absolute Gasteiger partial charge is 0.288 e. The predicted molar refractivity (Wildman–Crippen MR) is 194 cm³/mol. The number of rotatable bonds is 14. The molecule has 2 nitrogen and oxygen atoms in total. The average molecular weight is 833 g/mol. The topological polar surface area (TPSA) is 34.1 Å². The Hall–Kier alpha value is -1.66. The summed E-state index contributed by atoms with van der Waals surface area (Å²) < 4.78 is 61.1. The van der Waals surface area contributed by atoms with Gasteiger partial charge in [-0.05, 0) is 79.8 Å². The normalized spacial score (nSPS) is 14.1. The lowest BCUT2D eigenvalue weighted by Crippen LogP contribution is -2.25. The van der Waals surface area contributed by atoms with Crippen LogP contribution in [0.1, 0.15) is 122 Å². The van der Waals surface area contributed by atoms with E-state index in [0.29, 0.717) is 31.3 Å². The van der Waals surface area contributed by atoms with Gasteiger partial charge in [-0.3, -0.25) is 9.59 Å². The third kappa shape index (κ3) is 7.03. The van der Waals surface area contributed by atoms with Crippen LogP contribution in [-0.2, 0) is 12.8 Å². The molecule has 11 heteroatoms. The summed E-state index contributed by atoms with van der Waals surface area (Å²) in [5, 5.41) is 0. The van der Waals surface area contributed by atoms with Gasteiger partial charge < -0.3 is 0 Å². The van der Waals surface area contributed by atoms with Crippen LogP contribution < -0.4 is 0 Å². The second-order valence-electron chi connectivity index (χ2n) is 12.2. The molecule has 4 aromatic rings. The van der Waals surface area contributed by atoms with E-state index in [0.717, 1.165) is 82.9 Å². The van der Waals surface area contributed by atoms with Crippen LogP contribution >= 0.6 is 65.9 Å². The summed E-state index contributed by atoms with van der Waals surface area (Å²) in [6.45, 7) is 8.66. The van der Waals surface area contributed by atoms with Crippen LogP contribution in [0.2, 0.25) is 0 Å². The highest BCUT2D eigenvalue weighted by molar-refractivity contribution is 9.11. The van der Waals surface area contributed by atoms with E-state index in [1.807, 2.05) is 12.1 Å². The molecule has 252 valence electrons. The molecule has 1 aliphatic rings. The van der Waals surface area contributed by atoms with Crippen molar-refractivity contribution in [3.05, 3.63) is 76.4 Å². The van der Waals surface area contributed by atoms with E-state index in [2.05, 4.69) is 59.6 Å². The maximum absolute atomic E-state index is 15.2. The number of carbonyl (C=O) groups is 2. The van der Waals surface area contributed by atoms with Crippen LogP contribution in [-0.4, -0.2) is 11.6 Å². The van der Waals surface area contributed by atoms with Gasteiger partial charge in [0.05, 0.1) is 39.6 Å². The highest BCUT2D eigenvalue weighted by Crippen LogP contribution is 2.52. The minimum atomic E-state index is -2.11. The van der Waals surface area contributed by atoms with E-state index >= 15 is 8.78 Å². The van der Waals surface area contributed by atoms with Gasteiger partial charge in [-0.2, -0.15) is 0 Å². The Morgan fingerprint density at radius 1 is 0.596 bits per heavy atom. The lowest BCUT2D eigenvalue weighted by Gasteiger charge is -2.18. The fourth-order valence-electron chi connectivity index (χ4n) is 6.34. The SMILES string of the molecule is CCCCC(CC)Cc1cc(-c2sc(-c3cc(CC(CC)CCCC)c(Br)s3)c3c2C(=O)c2c(F)c(F)c(F)c(F)c2C3=O)sc1Br. The van der Waals surface area contributed by atoms with Gasteiger partial charge in [0.2, 0.25) is 0 Å². The first-order valence-corrected chi connectivity index (χ1v) is 20.2. The van der Waals surface area contributed by atoms with Crippen LogP contribution in [0.4, 0.5) is 17.6 Å². The Labute approximate surface area is 302 Å². The Kier molecular flexibility index (Phi) is 12.1. The zero-order chi connectivity index (χ0) is 34.2. The van der Waals surface area contributed by atoms with Crippen molar-refractivity contribution in [2.24, 2.45) is 11.8 Å². The van der Waals surface area contributed by atoms with Crippen molar-refractivity contribution >= 4 is 77.4 Å². The number of fused-ring (bicyclic) bond motifs is 2. The van der Waals surface area contributed by atoms with E-state index < -0.39 is 46.0 Å². The van der Waals surface area contributed by atoms with E-state index in [1.165, 1.54) is 34.0 Å². The molecule has 0 bridgehead atoms. The zero-order valence-corrected chi connectivity index (χ0v) is 32.3. The molecule has 1 aliphatic carbocycles. The van der Waals surface area contributed by atoms with Crippen LogP contribution in [0, 0.1) is 35.1 Å². The maximum atomic E-state index is 15.2. The fraction of sp³-hybridized carbons (Fsp3) is 0.444. The van der Waals surface area contributed by atoms with E-state index in [9.17, 15) is 18.4 Å². The van der Waals surface area contributed by atoms with Gasteiger partial charge in [0.1, 0.15) is 0 Å². The van der Waals surface area contributed by atoms with Crippen molar-refractivity contribution in [3.63, 3.8) is 0 Å². The molecule has 2 atom stereocenters. The third-order valence-electron chi connectivity index (χ3n) is 9.15. The number of hydrogen-bond acceptors (Lipinski definition) is 5. The number of halogens is 6. The molecule has 1 aromatic carbocycles. The molecule has 0 radical (unpaired) electrons. The summed E-state index contributed by atoms with van der Waals surface area (Å²) in [7, 11) is 0. The van der Waals surface area contributed by atoms with Crippen molar-refractivity contribution in [3.8, 4) is 19.5 Å². The second-order valence-corrected chi connectivity index (χ2v) is 18.0. The van der Waals surface area contributed by atoms with Crippen molar-refractivity contribution in [2.45, 2.75) is 91.9 Å². The van der Waals surface area contributed by atoms with Gasteiger partial charge in [0, 0.05) is 9.75 Å². The molecule has 3 aromatic heterocycles. The van der Waals surface area contributed by atoms with Gasteiger partial charge in [-0.1, -0.05) is 79.1 Å². The van der Waals surface area contributed by atoms with Gasteiger partial charge in [0.15, 0.2) is 34.8 Å². The number of hydrogen-bond donors (Lipinski definition) is 0. The second kappa shape index (κ2) is 15.5. The van der Waals surface area contributed by atoms with Crippen molar-refractivity contribution in [2.75, 3.05) is 0 Å². The summed E-state index contributed by atoms with van der Waals surface area (Å²) in [5.41, 5.74) is -0.163. The summed E-state index contributed by atoms with van der Waals surface area (Å²) in [6.07, 6.45) is 10.3. The van der Waals surface area contributed by atoms with Crippen LogP contribution in [0.5, 0.6) is 0 Å². The van der Waals surface area contributed by atoms with Gasteiger partial charge >= 0.3 is 0 Å². The number of unbranched alkanes of at least 4 members (excludes halogenated alkanes) is 2. The van der Waals surface area contributed by atoms with E-state index in [4.69, 9.17) is 0 Å². The zero-order valence-electron chi connectivity index (χ0n) is 26.7. The summed E-state index contributed by atoms with van der Waals surface area (Å²) in [5.74, 6) is -9.03. The van der Waals surface area contributed by atoms with Gasteiger partial charge in [-0.15, -0.1) is 34.0 Å². The Morgan fingerprint density at radius 2 is 0.979 bits per heavy atom. The smallest absolute Gasteiger partial charge is 0.199 e. The van der Waals surface area contributed by atoms with E-state index in [-0.39, 0.29) is 11.1 Å². The first-order chi connectivity index (χ1) is 22.5. The maximum Gasteiger partial charge on any atom is 0.199 e. The summed E-state index contributed by atoms with van der Waals surface area (Å²) in [6, 6.07) is 3.98. The number of benzene rings is 1. The fourth-order valence-corrected chi connectivity index (χ4v) is 11.3. The summed E-state index contributed by atoms with van der Waals surface area (Å²) >= 11 is 11.4. The molecule has 0 fully saturated rings. The van der Waals surface area contributed by atoms with Crippen LogP contribution in [0.15, 0.2) is 19.7 Å². The monoisotopic (exact) mass is 830 g/mol. The minimum absolute atomic E-state index is 0.0921. The van der Waals surface area contributed by atoms with Crippen LogP contribution in [0.25, 0.3) is 19.5 Å². The number of thiophene rings is 3. The molecule has 0 saturated heterocycles. The summed E-state index contributed by atoms with van der Waals surface area (Å²) in [4.78, 5) is 30.4. The lowest BCUT2D eigenvalue weighted by atomic mass is 9.82. The van der Waals surface area contributed by atoms with Crippen LogP contribution in [0.3, 0.4) is 0 Å². The Bertz CT molecular complexity index is 1700. The molecule has 2 unspecified atom stereocenters. The lowest BCUT2D eigenvalue weighted by molar-refractivity contribution is 0.0971. The molecular formula is C36H36Br2F4O2S3. The molecule has 0 saturated carbocycles. The standard InChI is InChI=1S/C36H36Br2F4O2S3/c1-5-9-11-17(7-3)13-19-15-21(45-35(19)37)33-25-26(32(44)24-23(31(25)43)27(39)29(41)30(42)28(24)40)34(47-33)22-16-20(36(38)46-22)14-18(8-4)12-10-6-2/h15-18H,5-14H2,1-4H3. The average Bonchev–Trinajstić information content (AvgIpc) is 3.75. The Balaban J connectivity index is 1.68. The molecule has 0 spiro atoms. The van der Waals surface area contributed by atoms with Crippen molar-refractivity contribution in [1.29, 1.82) is 0 Å². The number of carbonyl (C=O) groups excluding carboxylic acids is 2. The molecule has 0 aliphatic heterocycles. The number of ketones is 2. The molecule has 3 heterocycles. The van der Waals surface area contributed by atoms with Crippen molar-refractivity contribution in [1.82, 2.24) is 0 Å². The third-order valence-corrected chi connectivity index (χ3v) is 14.6. The highest BCUT2D eigenvalue weighted by Gasteiger charge is 2.43. The van der Waals surface area contributed by atoms with E-state index in [1.54, 1.807) is 0 Å². The molecule has 0 N–H and O–H groups in total.